The minimum absolute atomic E-state index is 0.480. The van der Waals surface area contributed by atoms with E-state index in [1.165, 1.54) is 45.3 Å². The Morgan fingerprint density at radius 1 is 1.27 bits per heavy atom. The molecule has 2 aliphatic rings. The Balaban J connectivity index is 1.94. The molecular formula is C12H25N3. The van der Waals surface area contributed by atoms with Crippen LogP contribution in [0.2, 0.25) is 0 Å². The standard InChI is InChI=1S/C12H25N3/c1-3-11-9-14(2)5-4-6-15(11)12-7-10(13)8-12/h10-12H,3-9,13H2,1-2H3. The molecule has 1 saturated heterocycles. The molecule has 88 valence electrons. The Labute approximate surface area is 93.6 Å². The van der Waals surface area contributed by atoms with Crippen molar-refractivity contribution in [3.05, 3.63) is 0 Å². The summed E-state index contributed by atoms with van der Waals surface area (Å²) in [6, 6.07) is 2.03. The van der Waals surface area contributed by atoms with Crippen LogP contribution in [0, 0.1) is 0 Å². The first-order chi connectivity index (χ1) is 7.20. The van der Waals surface area contributed by atoms with Gasteiger partial charge in [0.15, 0.2) is 0 Å². The van der Waals surface area contributed by atoms with E-state index >= 15 is 0 Å². The van der Waals surface area contributed by atoms with Gasteiger partial charge in [-0.25, -0.2) is 0 Å². The summed E-state index contributed by atoms with van der Waals surface area (Å²) in [4.78, 5) is 5.21. The smallest absolute Gasteiger partial charge is 0.0223 e. The first kappa shape index (κ1) is 11.4. The molecule has 1 saturated carbocycles. The summed E-state index contributed by atoms with van der Waals surface area (Å²) in [5.41, 5.74) is 5.89. The first-order valence-electron chi connectivity index (χ1n) is 6.40. The average molecular weight is 211 g/mol. The van der Waals surface area contributed by atoms with Gasteiger partial charge in [-0.2, -0.15) is 0 Å². The number of likely N-dealkylation sites (N-methyl/N-ethyl adjacent to an activating group) is 1. The maximum Gasteiger partial charge on any atom is 0.0223 e. The molecule has 1 aliphatic carbocycles. The van der Waals surface area contributed by atoms with Gasteiger partial charge in [0.1, 0.15) is 0 Å². The fraction of sp³-hybridized carbons (Fsp3) is 1.00. The highest BCUT2D eigenvalue weighted by Crippen LogP contribution is 2.28. The van der Waals surface area contributed by atoms with Crippen molar-refractivity contribution in [2.24, 2.45) is 5.73 Å². The number of rotatable bonds is 2. The normalized spacial score (nSPS) is 39.8. The Hall–Kier alpha value is -0.120. The van der Waals surface area contributed by atoms with E-state index < -0.39 is 0 Å². The van der Waals surface area contributed by atoms with Crippen LogP contribution in [0.15, 0.2) is 0 Å². The average Bonchev–Trinajstić information content (AvgIpc) is 2.35. The molecule has 3 heteroatoms. The molecular weight excluding hydrogens is 186 g/mol. The lowest BCUT2D eigenvalue weighted by molar-refractivity contribution is 0.0662. The molecule has 0 amide bonds. The summed E-state index contributed by atoms with van der Waals surface area (Å²) >= 11 is 0. The number of nitrogens with zero attached hydrogens (tertiary/aromatic N) is 2. The molecule has 1 unspecified atom stereocenters. The molecule has 2 rings (SSSR count). The van der Waals surface area contributed by atoms with Crippen LogP contribution in [0.3, 0.4) is 0 Å². The molecule has 0 aromatic rings. The summed E-state index contributed by atoms with van der Waals surface area (Å²) in [6.07, 6.45) is 5.04. The lowest BCUT2D eigenvalue weighted by atomic mass is 9.85. The third kappa shape index (κ3) is 2.52. The van der Waals surface area contributed by atoms with Gasteiger partial charge in [-0.3, -0.25) is 4.90 Å². The number of nitrogens with two attached hydrogens (primary N) is 1. The van der Waals surface area contributed by atoms with Gasteiger partial charge in [0.05, 0.1) is 0 Å². The third-order valence-electron chi connectivity index (χ3n) is 4.04. The molecule has 2 N–H and O–H groups in total. The van der Waals surface area contributed by atoms with Crippen LogP contribution in [0.25, 0.3) is 0 Å². The molecule has 2 fully saturated rings. The van der Waals surface area contributed by atoms with Crippen molar-refractivity contribution in [1.29, 1.82) is 0 Å². The van der Waals surface area contributed by atoms with Gasteiger partial charge in [-0.1, -0.05) is 6.92 Å². The van der Waals surface area contributed by atoms with Crippen LogP contribution in [-0.4, -0.2) is 54.6 Å². The van der Waals surface area contributed by atoms with Crippen molar-refractivity contribution in [2.45, 2.75) is 50.7 Å². The van der Waals surface area contributed by atoms with E-state index in [1.54, 1.807) is 0 Å². The zero-order valence-corrected chi connectivity index (χ0v) is 10.2. The lowest BCUT2D eigenvalue weighted by Crippen LogP contribution is -2.55. The highest BCUT2D eigenvalue weighted by Gasteiger charge is 2.35. The number of hydrogen-bond acceptors (Lipinski definition) is 3. The topological polar surface area (TPSA) is 32.5 Å². The van der Waals surface area contributed by atoms with Gasteiger partial charge < -0.3 is 10.6 Å². The van der Waals surface area contributed by atoms with Crippen molar-refractivity contribution >= 4 is 0 Å². The maximum absolute atomic E-state index is 5.89. The van der Waals surface area contributed by atoms with E-state index in [1.807, 2.05) is 0 Å². The molecule has 0 bridgehead atoms. The van der Waals surface area contributed by atoms with Crippen molar-refractivity contribution < 1.29 is 0 Å². The van der Waals surface area contributed by atoms with Gasteiger partial charge in [-0.05, 0) is 45.8 Å². The summed E-state index contributed by atoms with van der Waals surface area (Å²) in [6.45, 7) is 6.09. The Morgan fingerprint density at radius 3 is 2.60 bits per heavy atom. The Morgan fingerprint density at radius 2 is 2.00 bits per heavy atom. The third-order valence-corrected chi connectivity index (χ3v) is 4.04. The zero-order valence-electron chi connectivity index (χ0n) is 10.2. The van der Waals surface area contributed by atoms with Crippen LogP contribution in [0.4, 0.5) is 0 Å². The van der Waals surface area contributed by atoms with E-state index in [4.69, 9.17) is 5.73 Å². The molecule has 0 spiro atoms. The van der Waals surface area contributed by atoms with E-state index in [0.717, 1.165) is 12.1 Å². The highest BCUT2D eigenvalue weighted by molar-refractivity contribution is 4.93. The monoisotopic (exact) mass is 211 g/mol. The van der Waals surface area contributed by atoms with Crippen LogP contribution in [-0.2, 0) is 0 Å². The maximum atomic E-state index is 5.89. The van der Waals surface area contributed by atoms with Crippen LogP contribution < -0.4 is 5.73 Å². The largest absolute Gasteiger partial charge is 0.328 e. The van der Waals surface area contributed by atoms with Crippen LogP contribution in [0.1, 0.15) is 32.6 Å². The van der Waals surface area contributed by atoms with Gasteiger partial charge in [0.25, 0.3) is 0 Å². The van der Waals surface area contributed by atoms with Gasteiger partial charge in [0.2, 0.25) is 0 Å². The summed E-state index contributed by atoms with van der Waals surface area (Å²) in [5.74, 6) is 0. The summed E-state index contributed by atoms with van der Waals surface area (Å²) in [5, 5.41) is 0. The van der Waals surface area contributed by atoms with Gasteiger partial charge in [0, 0.05) is 24.7 Å². The quantitative estimate of drug-likeness (QED) is 0.736. The fourth-order valence-corrected chi connectivity index (χ4v) is 3.01. The molecule has 0 radical (unpaired) electrons. The molecule has 0 aromatic heterocycles. The predicted octanol–water partition coefficient (Wildman–Crippen LogP) is 0.892. The SMILES string of the molecule is CCC1CN(C)CCCN1C1CC(N)C1. The molecule has 15 heavy (non-hydrogen) atoms. The second-order valence-corrected chi connectivity index (χ2v) is 5.30. The van der Waals surface area contributed by atoms with Crippen molar-refractivity contribution in [1.82, 2.24) is 9.80 Å². The lowest BCUT2D eigenvalue weighted by Gasteiger charge is -2.44. The van der Waals surface area contributed by atoms with Crippen molar-refractivity contribution in [3.8, 4) is 0 Å². The minimum Gasteiger partial charge on any atom is -0.328 e. The Bertz CT molecular complexity index is 201. The van der Waals surface area contributed by atoms with Crippen molar-refractivity contribution in [3.63, 3.8) is 0 Å². The second kappa shape index (κ2) is 4.81. The van der Waals surface area contributed by atoms with E-state index in [2.05, 4.69) is 23.8 Å². The fourth-order valence-electron chi connectivity index (χ4n) is 3.01. The molecule has 1 aliphatic heterocycles. The van der Waals surface area contributed by atoms with Gasteiger partial charge >= 0.3 is 0 Å². The first-order valence-corrected chi connectivity index (χ1v) is 6.40. The minimum atomic E-state index is 0.480. The second-order valence-electron chi connectivity index (χ2n) is 5.30. The van der Waals surface area contributed by atoms with Gasteiger partial charge in [-0.15, -0.1) is 0 Å². The summed E-state index contributed by atoms with van der Waals surface area (Å²) < 4.78 is 0. The van der Waals surface area contributed by atoms with E-state index in [9.17, 15) is 0 Å². The Kier molecular flexibility index (Phi) is 3.65. The summed E-state index contributed by atoms with van der Waals surface area (Å²) in [7, 11) is 2.25. The molecule has 1 atom stereocenters. The molecule has 3 nitrogen and oxygen atoms in total. The predicted molar refractivity (Wildman–Crippen MR) is 63.9 cm³/mol. The number of hydrogen-bond donors (Lipinski definition) is 1. The van der Waals surface area contributed by atoms with E-state index in [-0.39, 0.29) is 0 Å². The zero-order chi connectivity index (χ0) is 10.8. The van der Waals surface area contributed by atoms with Crippen LogP contribution in [0.5, 0.6) is 0 Å². The van der Waals surface area contributed by atoms with Crippen molar-refractivity contribution in [2.75, 3.05) is 26.7 Å². The molecule has 0 aromatic carbocycles. The molecule has 1 heterocycles. The highest BCUT2D eigenvalue weighted by atomic mass is 15.3. The van der Waals surface area contributed by atoms with E-state index in [0.29, 0.717) is 6.04 Å². The van der Waals surface area contributed by atoms with Crippen LogP contribution >= 0.6 is 0 Å².